The van der Waals surface area contributed by atoms with E-state index in [1.54, 1.807) is 0 Å². The quantitative estimate of drug-likeness (QED) is 0.793. The first kappa shape index (κ1) is 13.3. The minimum absolute atomic E-state index is 0.205. The van der Waals surface area contributed by atoms with E-state index in [1.807, 2.05) is 11.8 Å². The number of hydrogen-bond donors (Lipinski definition) is 1. The number of benzene rings is 1. The predicted molar refractivity (Wildman–Crippen MR) is 69.6 cm³/mol. The number of piperidine rings is 1. The Labute approximate surface area is 114 Å². The predicted octanol–water partition coefficient (Wildman–Crippen LogP) is 3.26. The highest BCUT2D eigenvalue weighted by Gasteiger charge is 2.40. The van der Waals surface area contributed by atoms with E-state index in [0.29, 0.717) is 12.2 Å². The van der Waals surface area contributed by atoms with Crippen LogP contribution in [-0.2, 0) is 11.0 Å². The van der Waals surface area contributed by atoms with Gasteiger partial charge in [0.25, 0.3) is 0 Å². The Bertz CT molecular complexity index is 556. The molecule has 2 atom stereocenters. The molecule has 2 aliphatic rings. The van der Waals surface area contributed by atoms with Crippen molar-refractivity contribution in [1.82, 2.24) is 0 Å². The largest absolute Gasteiger partial charge is 0.416 e. The Morgan fingerprint density at radius 1 is 1.35 bits per heavy atom. The van der Waals surface area contributed by atoms with Gasteiger partial charge in [-0.05, 0) is 37.0 Å². The first-order valence-corrected chi connectivity index (χ1v) is 6.66. The van der Waals surface area contributed by atoms with Crippen molar-refractivity contribution in [2.24, 2.45) is 5.92 Å². The molecule has 3 nitrogen and oxygen atoms in total. The molecule has 108 valence electrons. The van der Waals surface area contributed by atoms with Crippen molar-refractivity contribution in [3.8, 4) is 0 Å². The molecule has 1 aromatic carbocycles. The van der Waals surface area contributed by atoms with E-state index in [2.05, 4.69) is 5.32 Å². The number of carbonyl (C=O) groups is 1. The van der Waals surface area contributed by atoms with Gasteiger partial charge in [0.05, 0.1) is 16.9 Å². The normalized spacial score (nSPS) is 25.8. The molecular weight excluding hydrogens is 269 g/mol. The minimum Gasteiger partial charge on any atom is -0.358 e. The lowest BCUT2D eigenvalue weighted by Crippen LogP contribution is -2.54. The molecule has 20 heavy (non-hydrogen) atoms. The number of nitrogens with zero attached hydrogens (tertiary/aromatic N) is 1. The molecule has 0 aromatic heterocycles. The van der Waals surface area contributed by atoms with Crippen molar-refractivity contribution in [1.29, 1.82) is 0 Å². The Hall–Kier alpha value is -1.72. The molecule has 2 aliphatic heterocycles. The Morgan fingerprint density at radius 2 is 2.10 bits per heavy atom. The molecule has 1 N–H and O–H groups in total. The van der Waals surface area contributed by atoms with Gasteiger partial charge in [-0.15, -0.1) is 0 Å². The zero-order valence-corrected chi connectivity index (χ0v) is 11.0. The van der Waals surface area contributed by atoms with Gasteiger partial charge in [-0.3, -0.25) is 4.79 Å². The first-order valence-electron chi connectivity index (χ1n) is 6.66. The highest BCUT2D eigenvalue weighted by atomic mass is 19.4. The van der Waals surface area contributed by atoms with Gasteiger partial charge in [0.15, 0.2) is 0 Å². The third-order valence-corrected chi connectivity index (χ3v) is 4.09. The summed E-state index contributed by atoms with van der Waals surface area (Å²) in [6.07, 6.45) is -2.48. The van der Waals surface area contributed by atoms with Crippen LogP contribution in [0.3, 0.4) is 0 Å². The fourth-order valence-electron chi connectivity index (χ4n) is 3.13. The second kappa shape index (κ2) is 4.40. The monoisotopic (exact) mass is 284 g/mol. The Balaban J connectivity index is 2.03. The van der Waals surface area contributed by atoms with Crippen molar-refractivity contribution in [3.05, 3.63) is 23.8 Å². The molecule has 3 rings (SSSR count). The van der Waals surface area contributed by atoms with Crippen LogP contribution in [0.15, 0.2) is 18.2 Å². The van der Waals surface area contributed by atoms with Crippen molar-refractivity contribution >= 4 is 17.3 Å². The fraction of sp³-hybridized carbons (Fsp3) is 0.500. The third kappa shape index (κ3) is 2.03. The highest BCUT2D eigenvalue weighted by molar-refractivity contribution is 6.04. The van der Waals surface area contributed by atoms with Crippen LogP contribution >= 0.6 is 0 Å². The number of nitrogens with one attached hydrogen (secondary N) is 1. The number of hydrogen-bond acceptors (Lipinski definition) is 2. The summed E-state index contributed by atoms with van der Waals surface area (Å²) in [6, 6.07) is 3.28. The van der Waals surface area contributed by atoms with Crippen molar-refractivity contribution in [3.63, 3.8) is 0 Å². The third-order valence-electron chi connectivity index (χ3n) is 4.09. The molecule has 1 saturated heterocycles. The van der Waals surface area contributed by atoms with Gasteiger partial charge in [0.1, 0.15) is 6.04 Å². The van der Waals surface area contributed by atoms with Crippen molar-refractivity contribution in [2.45, 2.75) is 32.0 Å². The Morgan fingerprint density at radius 3 is 2.80 bits per heavy atom. The summed E-state index contributed by atoms with van der Waals surface area (Å²) in [5.74, 6) is 0.00298. The number of rotatable bonds is 0. The minimum atomic E-state index is -4.40. The second-order valence-corrected chi connectivity index (χ2v) is 5.48. The molecule has 0 spiro atoms. The van der Waals surface area contributed by atoms with Crippen LogP contribution in [-0.4, -0.2) is 18.5 Å². The van der Waals surface area contributed by atoms with Crippen LogP contribution in [0.25, 0.3) is 0 Å². The molecule has 0 aliphatic carbocycles. The number of halogens is 3. The van der Waals surface area contributed by atoms with Crippen LogP contribution < -0.4 is 10.2 Å². The summed E-state index contributed by atoms with van der Waals surface area (Å²) in [4.78, 5) is 14.1. The zero-order chi connectivity index (χ0) is 14.5. The molecular formula is C14H15F3N2O. The summed E-state index contributed by atoms with van der Waals surface area (Å²) >= 11 is 0. The summed E-state index contributed by atoms with van der Waals surface area (Å²) < 4.78 is 38.2. The van der Waals surface area contributed by atoms with Crippen molar-refractivity contribution in [2.75, 3.05) is 16.8 Å². The maximum atomic E-state index is 12.7. The fourth-order valence-corrected chi connectivity index (χ4v) is 3.13. The van der Waals surface area contributed by atoms with Gasteiger partial charge in [-0.25, -0.2) is 0 Å². The van der Waals surface area contributed by atoms with E-state index in [1.165, 1.54) is 6.07 Å². The summed E-state index contributed by atoms with van der Waals surface area (Å²) in [6.45, 7) is 2.71. The van der Waals surface area contributed by atoms with Crippen LogP contribution in [0.1, 0.15) is 25.3 Å². The lowest BCUT2D eigenvalue weighted by molar-refractivity contribution is -0.137. The average Bonchev–Trinajstić information content (AvgIpc) is 2.37. The number of anilines is 2. The van der Waals surface area contributed by atoms with Crippen molar-refractivity contribution < 1.29 is 18.0 Å². The summed E-state index contributed by atoms with van der Waals surface area (Å²) in [7, 11) is 0. The average molecular weight is 284 g/mol. The smallest absolute Gasteiger partial charge is 0.358 e. The second-order valence-electron chi connectivity index (χ2n) is 5.48. The lowest BCUT2D eigenvalue weighted by atomic mass is 9.88. The number of amides is 1. The van der Waals surface area contributed by atoms with E-state index in [-0.39, 0.29) is 23.6 Å². The van der Waals surface area contributed by atoms with E-state index in [0.717, 1.165) is 25.0 Å². The Kier molecular flexibility index (Phi) is 2.92. The molecule has 1 aromatic rings. The van der Waals surface area contributed by atoms with Crippen LogP contribution in [0.5, 0.6) is 0 Å². The van der Waals surface area contributed by atoms with Gasteiger partial charge >= 0.3 is 6.18 Å². The van der Waals surface area contributed by atoms with Crippen LogP contribution in [0.4, 0.5) is 24.5 Å². The van der Waals surface area contributed by atoms with E-state index < -0.39 is 11.7 Å². The van der Waals surface area contributed by atoms with Gasteiger partial charge in [0.2, 0.25) is 5.91 Å². The number of carbonyl (C=O) groups excluding carboxylic acids is 1. The van der Waals surface area contributed by atoms with Gasteiger partial charge in [0, 0.05) is 6.54 Å². The topological polar surface area (TPSA) is 32.3 Å². The maximum absolute atomic E-state index is 12.7. The molecule has 1 fully saturated rings. The molecule has 0 bridgehead atoms. The highest BCUT2D eigenvalue weighted by Crippen LogP contribution is 2.41. The van der Waals surface area contributed by atoms with Crippen LogP contribution in [0.2, 0.25) is 0 Å². The van der Waals surface area contributed by atoms with E-state index in [4.69, 9.17) is 0 Å². The van der Waals surface area contributed by atoms with Gasteiger partial charge < -0.3 is 10.2 Å². The van der Waals surface area contributed by atoms with E-state index in [9.17, 15) is 18.0 Å². The zero-order valence-electron chi connectivity index (χ0n) is 11.0. The standard InChI is InChI=1S/C14H15F3N2O/c1-8-3-2-6-19-11-5-4-9(14(15,16)17)7-10(11)18-13(20)12(8)19/h4-5,7-8,12H,2-3,6H2,1H3,(H,18,20). The molecule has 0 saturated carbocycles. The summed E-state index contributed by atoms with van der Waals surface area (Å²) in [5, 5.41) is 2.62. The van der Waals surface area contributed by atoms with Gasteiger partial charge in [-0.2, -0.15) is 13.2 Å². The molecule has 2 unspecified atom stereocenters. The SMILES string of the molecule is CC1CCCN2c3ccc(C(F)(F)F)cc3NC(=O)C12. The van der Waals surface area contributed by atoms with Gasteiger partial charge in [-0.1, -0.05) is 6.92 Å². The molecule has 6 heteroatoms. The molecule has 2 heterocycles. The first-order chi connectivity index (χ1) is 9.38. The lowest BCUT2D eigenvalue weighted by Gasteiger charge is -2.44. The maximum Gasteiger partial charge on any atom is 0.416 e. The number of alkyl halides is 3. The summed E-state index contributed by atoms with van der Waals surface area (Å²) in [5.41, 5.74) is 0.212. The molecule has 0 radical (unpaired) electrons. The van der Waals surface area contributed by atoms with Crippen LogP contribution in [0, 0.1) is 5.92 Å². The van der Waals surface area contributed by atoms with E-state index >= 15 is 0 Å². The number of fused-ring (bicyclic) bond motifs is 3. The molecule has 1 amide bonds.